The second kappa shape index (κ2) is 8.30. The lowest BCUT2D eigenvalue weighted by Gasteiger charge is -2.31. The van der Waals surface area contributed by atoms with E-state index < -0.39 is 21.7 Å². The van der Waals surface area contributed by atoms with Gasteiger partial charge in [-0.15, -0.1) is 12.4 Å². The van der Waals surface area contributed by atoms with Crippen molar-refractivity contribution in [2.75, 3.05) is 39.4 Å². The number of imide groups is 1. The normalized spacial score (nSPS) is 16.5. The average Bonchev–Trinajstić information content (AvgIpc) is 2.71. The van der Waals surface area contributed by atoms with Crippen LogP contribution in [0, 0.1) is 20.2 Å². The zero-order valence-corrected chi connectivity index (χ0v) is 16.4. The molecule has 12 heteroatoms. The molecule has 2 heterocycles. The molecule has 1 fully saturated rings. The third-order valence-corrected chi connectivity index (χ3v) is 5.13. The molecule has 0 N–H and O–H groups in total. The monoisotopic (exact) mass is 436 g/mol. The van der Waals surface area contributed by atoms with E-state index in [2.05, 4.69) is 0 Å². The summed E-state index contributed by atoms with van der Waals surface area (Å²) in [7, 11) is 0. The first-order valence-electron chi connectivity index (χ1n) is 8.93. The molecule has 2 aromatic rings. The Kier molecular flexibility index (Phi) is 5.97. The highest BCUT2D eigenvalue weighted by molar-refractivity contribution is 6.26. The molecule has 0 bridgehead atoms. The zero-order chi connectivity index (χ0) is 20.7. The van der Waals surface area contributed by atoms with Crippen LogP contribution in [0.3, 0.4) is 0 Å². The summed E-state index contributed by atoms with van der Waals surface area (Å²) in [6, 6.07) is 4.51. The molecule has 0 aromatic heterocycles. The van der Waals surface area contributed by atoms with Crippen molar-refractivity contribution >= 4 is 46.4 Å². The fourth-order valence-corrected chi connectivity index (χ4v) is 3.68. The van der Waals surface area contributed by atoms with Crippen molar-refractivity contribution < 1.29 is 24.2 Å². The van der Waals surface area contributed by atoms with Gasteiger partial charge in [0.1, 0.15) is 0 Å². The number of benzene rings is 2. The van der Waals surface area contributed by atoms with Gasteiger partial charge in [0.25, 0.3) is 23.2 Å². The summed E-state index contributed by atoms with van der Waals surface area (Å²) in [6.07, 6.45) is 0. The lowest BCUT2D eigenvalue weighted by Crippen LogP contribution is -2.46. The van der Waals surface area contributed by atoms with E-state index in [0.29, 0.717) is 32.8 Å². The molecular formula is C18H17ClN4O7. The van der Waals surface area contributed by atoms with E-state index in [1.54, 1.807) is 0 Å². The van der Waals surface area contributed by atoms with E-state index in [0.717, 1.165) is 29.2 Å². The smallest absolute Gasteiger partial charge is 0.270 e. The molecule has 2 aliphatic heterocycles. The fourth-order valence-electron chi connectivity index (χ4n) is 3.68. The third kappa shape index (κ3) is 3.70. The topological polar surface area (TPSA) is 136 Å². The summed E-state index contributed by atoms with van der Waals surface area (Å²) < 4.78 is 5.27. The van der Waals surface area contributed by atoms with Gasteiger partial charge >= 0.3 is 0 Å². The summed E-state index contributed by atoms with van der Waals surface area (Å²) in [5, 5.41) is 22.9. The molecule has 4 rings (SSSR count). The highest BCUT2D eigenvalue weighted by Gasteiger charge is 2.36. The Balaban J connectivity index is 0.00000256. The predicted octanol–water partition coefficient (Wildman–Crippen LogP) is 2.01. The predicted molar refractivity (Wildman–Crippen MR) is 107 cm³/mol. The zero-order valence-electron chi connectivity index (χ0n) is 15.6. The van der Waals surface area contributed by atoms with Gasteiger partial charge in [0.15, 0.2) is 0 Å². The van der Waals surface area contributed by atoms with Gasteiger partial charge in [0, 0.05) is 55.8 Å². The maximum atomic E-state index is 13.0. The summed E-state index contributed by atoms with van der Waals surface area (Å²) in [4.78, 5) is 50.2. The number of ether oxygens (including phenoxy) is 1. The Morgan fingerprint density at radius 1 is 0.867 bits per heavy atom. The van der Waals surface area contributed by atoms with Crippen molar-refractivity contribution in [1.29, 1.82) is 0 Å². The van der Waals surface area contributed by atoms with E-state index >= 15 is 0 Å². The molecule has 2 aromatic carbocycles. The fraction of sp³-hybridized carbons (Fsp3) is 0.333. The van der Waals surface area contributed by atoms with E-state index in [1.807, 2.05) is 4.90 Å². The van der Waals surface area contributed by atoms with E-state index in [4.69, 9.17) is 4.74 Å². The molecule has 2 amide bonds. The Morgan fingerprint density at radius 2 is 1.37 bits per heavy atom. The van der Waals surface area contributed by atoms with Gasteiger partial charge in [-0.05, 0) is 5.39 Å². The Bertz CT molecular complexity index is 999. The number of nitro benzene ring substituents is 2. The largest absolute Gasteiger partial charge is 0.379 e. The van der Waals surface area contributed by atoms with E-state index in [1.165, 1.54) is 0 Å². The quantitative estimate of drug-likeness (QED) is 0.394. The lowest BCUT2D eigenvalue weighted by atomic mass is 9.92. The number of nitrogens with zero attached hydrogens (tertiary/aromatic N) is 4. The number of carbonyl (C=O) groups excluding carboxylic acids is 2. The SMILES string of the molecule is Cl.O=C1c2cc([N+](=O)[O-])cc3cc([N+](=O)[O-])cc(c23)C(=O)N1CCN1CCOCC1. The Hall–Kier alpha value is -3.15. The van der Waals surface area contributed by atoms with Gasteiger partial charge < -0.3 is 4.74 Å². The van der Waals surface area contributed by atoms with Crippen molar-refractivity contribution in [3.8, 4) is 0 Å². The van der Waals surface area contributed by atoms with Crippen LogP contribution < -0.4 is 0 Å². The summed E-state index contributed by atoms with van der Waals surface area (Å²) in [5.41, 5.74) is -0.731. The maximum absolute atomic E-state index is 13.0. The number of hydrogen-bond acceptors (Lipinski definition) is 8. The summed E-state index contributed by atoms with van der Waals surface area (Å²) >= 11 is 0. The van der Waals surface area contributed by atoms with Crippen LogP contribution >= 0.6 is 12.4 Å². The first-order chi connectivity index (χ1) is 13.9. The van der Waals surface area contributed by atoms with Gasteiger partial charge in [-0.3, -0.25) is 39.6 Å². The molecule has 11 nitrogen and oxygen atoms in total. The van der Waals surface area contributed by atoms with Crippen molar-refractivity contribution in [3.05, 3.63) is 55.6 Å². The highest BCUT2D eigenvalue weighted by atomic mass is 35.5. The van der Waals surface area contributed by atoms with Crippen LogP contribution in [0.5, 0.6) is 0 Å². The van der Waals surface area contributed by atoms with Gasteiger partial charge in [0.05, 0.1) is 34.2 Å². The van der Waals surface area contributed by atoms with Gasteiger partial charge in [-0.1, -0.05) is 0 Å². The molecule has 30 heavy (non-hydrogen) atoms. The van der Waals surface area contributed by atoms with Crippen molar-refractivity contribution in [2.24, 2.45) is 0 Å². The molecule has 0 radical (unpaired) electrons. The molecule has 0 spiro atoms. The molecule has 0 saturated carbocycles. The highest BCUT2D eigenvalue weighted by Crippen LogP contribution is 2.36. The molecule has 2 aliphatic rings. The minimum absolute atomic E-state index is 0. The molecule has 0 atom stereocenters. The Morgan fingerprint density at radius 3 is 1.83 bits per heavy atom. The number of non-ortho nitro benzene ring substituents is 2. The van der Waals surface area contributed by atoms with Gasteiger partial charge in [0.2, 0.25) is 0 Å². The van der Waals surface area contributed by atoms with Gasteiger partial charge in [-0.25, -0.2) is 0 Å². The number of morpholine rings is 1. The van der Waals surface area contributed by atoms with E-state index in [-0.39, 0.29) is 52.2 Å². The standard InChI is InChI=1S/C18H16N4O7.ClH/c23-17-14-9-12(21(25)26)7-11-8-13(22(27)28)10-15(16(11)14)18(24)20(17)2-1-19-3-5-29-6-4-19;/h7-10H,1-6H2;1H. The average molecular weight is 437 g/mol. The van der Waals surface area contributed by atoms with Crippen molar-refractivity contribution in [2.45, 2.75) is 0 Å². The minimum atomic E-state index is -0.670. The molecule has 1 saturated heterocycles. The van der Waals surface area contributed by atoms with Crippen molar-refractivity contribution in [1.82, 2.24) is 9.80 Å². The summed E-state index contributed by atoms with van der Waals surface area (Å²) in [6.45, 7) is 2.94. The second-order valence-electron chi connectivity index (χ2n) is 6.81. The second-order valence-corrected chi connectivity index (χ2v) is 6.81. The molecular weight excluding hydrogens is 420 g/mol. The van der Waals surface area contributed by atoms with Crippen LogP contribution in [0.25, 0.3) is 10.8 Å². The van der Waals surface area contributed by atoms with Crippen LogP contribution in [0.15, 0.2) is 24.3 Å². The number of nitro groups is 2. The number of halogens is 1. The van der Waals surface area contributed by atoms with Gasteiger partial charge in [-0.2, -0.15) is 0 Å². The van der Waals surface area contributed by atoms with Crippen LogP contribution in [-0.4, -0.2) is 70.9 Å². The van der Waals surface area contributed by atoms with Crippen molar-refractivity contribution in [3.63, 3.8) is 0 Å². The molecule has 158 valence electrons. The number of carbonyl (C=O) groups is 2. The third-order valence-electron chi connectivity index (χ3n) is 5.13. The van der Waals surface area contributed by atoms with E-state index in [9.17, 15) is 29.8 Å². The first kappa shape index (κ1) is 21.6. The Labute approximate surface area is 175 Å². The number of amides is 2. The van der Waals surface area contributed by atoms with Crippen LogP contribution in [0.1, 0.15) is 20.7 Å². The minimum Gasteiger partial charge on any atom is -0.379 e. The van der Waals surface area contributed by atoms with Crippen LogP contribution in [-0.2, 0) is 4.74 Å². The lowest BCUT2D eigenvalue weighted by molar-refractivity contribution is -0.385. The maximum Gasteiger partial charge on any atom is 0.270 e. The molecule has 0 aliphatic carbocycles. The van der Waals surface area contributed by atoms with Crippen LogP contribution in [0.4, 0.5) is 11.4 Å². The number of rotatable bonds is 5. The van der Waals surface area contributed by atoms with Crippen LogP contribution in [0.2, 0.25) is 0 Å². The summed E-state index contributed by atoms with van der Waals surface area (Å²) in [5.74, 6) is -1.28. The molecule has 0 unspecified atom stereocenters. The first-order valence-corrected chi connectivity index (χ1v) is 8.93. The number of hydrogen-bond donors (Lipinski definition) is 0.